The van der Waals surface area contributed by atoms with Crippen molar-refractivity contribution in [3.8, 4) is 0 Å². The second kappa shape index (κ2) is 5.38. The third-order valence-corrected chi connectivity index (χ3v) is 2.63. The van der Waals surface area contributed by atoms with E-state index < -0.39 is 30.2 Å². The van der Waals surface area contributed by atoms with Crippen molar-refractivity contribution < 1.29 is 27.9 Å². The number of hydrogen-bond acceptors (Lipinski definition) is 2. The van der Waals surface area contributed by atoms with E-state index in [0.29, 0.717) is 6.07 Å². The molecule has 0 heterocycles. The van der Waals surface area contributed by atoms with Gasteiger partial charge in [-0.05, 0) is 34.1 Å². The van der Waals surface area contributed by atoms with Crippen LogP contribution < -0.4 is 5.32 Å². The summed E-state index contributed by atoms with van der Waals surface area (Å²) in [5.41, 5.74) is -1.25. The van der Waals surface area contributed by atoms with Crippen molar-refractivity contribution >= 4 is 27.8 Å². The van der Waals surface area contributed by atoms with Gasteiger partial charge >= 0.3 is 12.1 Å². The van der Waals surface area contributed by atoms with E-state index in [2.05, 4.69) is 15.9 Å². The highest BCUT2D eigenvalue weighted by atomic mass is 79.9. The van der Waals surface area contributed by atoms with Crippen molar-refractivity contribution in [2.45, 2.75) is 6.18 Å². The molecule has 4 nitrogen and oxygen atoms in total. The second-order valence-electron chi connectivity index (χ2n) is 3.27. The lowest BCUT2D eigenvalue weighted by Crippen LogP contribution is -2.29. The highest BCUT2D eigenvalue weighted by Gasteiger charge is 2.31. The number of hydrogen-bond donors (Lipinski definition) is 2. The number of carboxylic acid groups (broad SMARTS) is 1. The first-order valence-corrected chi connectivity index (χ1v) is 5.38. The van der Waals surface area contributed by atoms with Crippen molar-refractivity contribution in [2.24, 2.45) is 0 Å². The number of carbonyl (C=O) groups excluding carboxylic acids is 1. The Morgan fingerprint density at radius 2 is 1.94 bits per heavy atom. The van der Waals surface area contributed by atoms with Crippen LogP contribution in [0.5, 0.6) is 0 Å². The standard InChI is InChI=1S/C10H7BrF3NO3/c11-7-2-1-5(10(12,13)14)3-6(7)9(18)15-4-8(16)17/h1-3H,4H2,(H,15,18)(H,16,17). The summed E-state index contributed by atoms with van der Waals surface area (Å²) in [5.74, 6) is -2.18. The molecule has 1 aromatic carbocycles. The molecule has 0 aromatic heterocycles. The van der Waals surface area contributed by atoms with Crippen LogP contribution in [0, 0.1) is 0 Å². The van der Waals surface area contributed by atoms with E-state index in [1.54, 1.807) is 0 Å². The van der Waals surface area contributed by atoms with Gasteiger partial charge in [0.25, 0.3) is 5.91 Å². The summed E-state index contributed by atoms with van der Waals surface area (Å²) in [5, 5.41) is 10.3. The van der Waals surface area contributed by atoms with E-state index in [4.69, 9.17) is 5.11 Å². The molecule has 0 atom stereocenters. The Morgan fingerprint density at radius 3 is 2.44 bits per heavy atom. The fourth-order valence-electron chi connectivity index (χ4n) is 1.13. The molecule has 0 spiro atoms. The Balaban J connectivity index is 3.01. The molecule has 1 aromatic rings. The molecule has 8 heteroatoms. The Hall–Kier alpha value is -1.57. The number of aliphatic carboxylic acids is 1. The van der Waals surface area contributed by atoms with Gasteiger partial charge in [-0.1, -0.05) is 0 Å². The van der Waals surface area contributed by atoms with Crippen LogP contribution in [0.4, 0.5) is 13.2 Å². The Morgan fingerprint density at radius 1 is 1.33 bits per heavy atom. The minimum atomic E-state index is -4.57. The van der Waals surface area contributed by atoms with E-state index in [0.717, 1.165) is 12.1 Å². The Bertz CT molecular complexity index is 488. The quantitative estimate of drug-likeness (QED) is 0.896. The Kier molecular flexibility index (Phi) is 4.33. The minimum Gasteiger partial charge on any atom is -0.480 e. The van der Waals surface area contributed by atoms with Crippen LogP contribution in [0.25, 0.3) is 0 Å². The Labute approximate surface area is 108 Å². The summed E-state index contributed by atoms with van der Waals surface area (Å²) >= 11 is 2.93. The van der Waals surface area contributed by atoms with E-state index >= 15 is 0 Å². The molecule has 2 N–H and O–H groups in total. The SMILES string of the molecule is O=C(O)CNC(=O)c1cc(C(F)(F)F)ccc1Br. The van der Waals surface area contributed by atoms with Crippen molar-refractivity contribution in [1.29, 1.82) is 0 Å². The second-order valence-corrected chi connectivity index (χ2v) is 4.12. The van der Waals surface area contributed by atoms with E-state index in [1.165, 1.54) is 0 Å². The fraction of sp³-hybridized carbons (Fsp3) is 0.200. The van der Waals surface area contributed by atoms with E-state index in [1.807, 2.05) is 5.32 Å². The van der Waals surface area contributed by atoms with Gasteiger partial charge in [0.15, 0.2) is 0 Å². The van der Waals surface area contributed by atoms with Gasteiger partial charge in [0, 0.05) is 4.47 Å². The van der Waals surface area contributed by atoms with Gasteiger partial charge in [-0.25, -0.2) is 0 Å². The topological polar surface area (TPSA) is 66.4 Å². The number of benzene rings is 1. The minimum absolute atomic E-state index is 0.151. The van der Waals surface area contributed by atoms with Gasteiger partial charge in [-0.3, -0.25) is 9.59 Å². The van der Waals surface area contributed by atoms with Crippen molar-refractivity contribution in [1.82, 2.24) is 5.32 Å². The summed E-state index contributed by atoms with van der Waals surface area (Å²) in [7, 11) is 0. The smallest absolute Gasteiger partial charge is 0.416 e. The number of carboxylic acids is 1. The summed E-state index contributed by atoms with van der Waals surface area (Å²) in [6, 6.07) is 2.55. The van der Waals surface area contributed by atoms with Gasteiger partial charge in [0.2, 0.25) is 0 Å². The van der Waals surface area contributed by atoms with Crippen LogP contribution in [-0.4, -0.2) is 23.5 Å². The molecule has 0 unspecified atom stereocenters. The summed E-state index contributed by atoms with van der Waals surface area (Å²) in [4.78, 5) is 21.7. The third kappa shape index (κ3) is 3.73. The molecule has 1 amide bonds. The third-order valence-electron chi connectivity index (χ3n) is 1.94. The van der Waals surface area contributed by atoms with Gasteiger partial charge in [-0.15, -0.1) is 0 Å². The zero-order chi connectivity index (χ0) is 13.9. The van der Waals surface area contributed by atoms with Crippen LogP contribution in [0.3, 0.4) is 0 Å². The van der Waals surface area contributed by atoms with Crippen LogP contribution in [-0.2, 0) is 11.0 Å². The zero-order valence-corrected chi connectivity index (χ0v) is 10.3. The summed E-state index contributed by atoms with van der Waals surface area (Å²) in [6.45, 7) is -0.665. The van der Waals surface area contributed by atoms with Crippen LogP contribution in [0.1, 0.15) is 15.9 Å². The lowest BCUT2D eigenvalue weighted by atomic mass is 10.1. The van der Waals surface area contributed by atoms with E-state index in [-0.39, 0.29) is 10.0 Å². The average molecular weight is 326 g/mol. The first-order chi connectivity index (χ1) is 8.21. The first kappa shape index (κ1) is 14.5. The molecule has 1 rings (SSSR count). The monoisotopic (exact) mass is 325 g/mol. The number of nitrogens with one attached hydrogen (secondary N) is 1. The van der Waals surface area contributed by atoms with Crippen LogP contribution in [0.15, 0.2) is 22.7 Å². The van der Waals surface area contributed by atoms with Crippen molar-refractivity contribution in [3.63, 3.8) is 0 Å². The van der Waals surface area contributed by atoms with Crippen molar-refractivity contribution in [3.05, 3.63) is 33.8 Å². The summed E-state index contributed by atoms with van der Waals surface area (Å²) in [6.07, 6.45) is -4.57. The first-order valence-electron chi connectivity index (χ1n) is 4.58. The van der Waals surface area contributed by atoms with Gasteiger partial charge in [-0.2, -0.15) is 13.2 Å². The normalized spacial score (nSPS) is 11.1. The van der Waals surface area contributed by atoms with Crippen LogP contribution >= 0.6 is 15.9 Å². The molecule has 0 bridgehead atoms. The maximum Gasteiger partial charge on any atom is 0.416 e. The lowest BCUT2D eigenvalue weighted by molar-refractivity contribution is -0.138. The van der Waals surface area contributed by atoms with Crippen LogP contribution in [0.2, 0.25) is 0 Å². The van der Waals surface area contributed by atoms with Gasteiger partial charge in [0.05, 0.1) is 11.1 Å². The predicted molar refractivity (Wildman–Crippen MR) is 59.1 cm³/mol. The van der Waals surface area contributed by atoms with Gasteiger partial charge in [0.1, 0.15) is 6.54 Å². The van der Waals surface area contributed by atoms with Crippen molar-refractivity contribution in [2.75, 3.05) is 6.54 Å². The van der Waals surface area contributed by atoms with E-state index in [9.17, 15) is 22.8 Å². The molecule has 0 saturated carbocycles. The number of amides is 1. The molecule has 0 aliphatic heterocycles. The summed E-state index contributed by atoms with van der Waals surface area (Å²) < 4.78 is 37.5. The molecule has 18 heavy (non-hydrogen) atoms. The molecular weight excluding hydrogens is 319 g/mol. The highest BCUT2D eigenvalue weighted by Crippen LogP contribution is 2.31. The maximum absolute atomic E-state index is 12.4. The number of rotatable bonds is 3. The molecule has 0 radical (unpaired) electrons. The fourth-order valence-corrected chi connectivity index (χ4v) is 1.55. The number of alkyl halides is 3. The molecule has 0 aliphatic rings. The lowest BCUT2D eigenvalue weighted by Gasteiger charge is -2.10. The number of halogens is 4. The average Bonchev–Trinajstić information content (AvgIpc) is 2.24. The molecule has 0 aliphatic carbocycles. The number of carbonyl (C=O) groups is 2. The molecule has 98 valence electrons. The molecule has 0 fully saturated rings. The van der Waals surface area contributed by atoms with Gasteiger partial charge < -0.3 is 10.4 Å². The largest absolute Gasteiger partial charge is 0.480 e. The molecular formula is C10H7BrF3NO3. The predicted octanol–water partition coefficient (Wildman–Crippen LogP) is 2.28. The zero-order valence-electron chi connectivity index (χ0n) is 8.71. The maximum atomic E-state index is 12.4. The highest BCUT2D eigenvalue weighted by molar-refractivity contribution is 9.10. The molecule has 0 saturated heterocycles.